The van der Waals surface area contributed by atoms with Gasteiger partial charge in [0.05, 0.1) is 5.56 Å². The van der Waals surface area contributed by atoms with Crippen LogP contribution in [-0.2, 0) is 0 Å². The van der Waals surface area contributed by atoms with Gasteiger partial charge in [-0.25, -0.2) is 4.79 Å². The third-order valence-electron chi connectivity index (χ3n) is 3.75. The molecular weight excluding hydrogens is 226 g/mol. The minimum atomic E-state index is -0.870. The van der Waals surface area contributed by atoms with E-state index in [1.54, 1.807) is 18.2 Å². The van der Waals surface area contributed by atoms with Crippen LogP contribution in [0.25, 0.3) is 0 Å². The fraction of sp³-hybridized carbons (Fsp3) is 0.533. The highest BCUT2D eigenvalue weighted by Gasteiger charge is 2.18. The van der Waals surface area contributed by atoms with Crippen molar-refractivity contribution in [2.45, 2.75) is 32.6 Å². The van der Waals surface area contributed by atoms with Gasteiger partial charge in [0.1, 0.15) is 0 Å². The average Bonchev–Trinajstić information content (AvgIpc) is 2.37. The van der Waals surface area contributed by atoms with Gasteiger partial charge in [0, 0.05) is 12.2 Å². The van der Waals surface area contributed by atoms with E-state index in [1.807, 2.05) is 6.07 Å². The second-order valence-electron chi connectivity index (χ2n) is 5.40. The van der Waals surface area contributed by atoms with Crippen molar-refractivity contribution in [3.05, 3.63) is 29.8 Å². The van der Waals surface area contributed by atoms with E-state index in [4.69, 9.17) is 5.11 Å². The zero-order chi connectivity index (χ0) is 13.0. The second-order valence-corrected chi connectivity index (χ2v) is 5.40. The molecule has 1 aromatic rings. The van der Waals surface area contributed by atoms with Crippen molar-refractivity contribution in [3.8, 4) is 0 Å². The predicted molar refractivity (Wildman–Crippen MR) is 73.0 cm³/mol. The number of aromatic carboxylic acids is 1. The molecule has 98 valence electrons. The first-order valence-corrected chi connectivity index (χ1v) is 6.72. The van der Waals surface area contributed by atoms with Crippen molar-refractivity contribution in [2.24, 2.45) is 11.8 Å². The largest absolute Gasteiger partial charge is 0.478 e. The van der Waals surface area contributed by atoms with Crippen molar-refractivity contribution < 1.29 is 9.90 Å². The Morgan fingerprint density at radius 3 is 3.00 bits per heavy atom. The van der Waals surface area contributed by atoms with E-state index in [-0.39, 0.29) is 0 Å². The molecule has 0 saturated heterocycles. The van der Waals surface area contributed by atoms with Crippen LogP contribution in [0.4, 0.5) is 5.69 Å². The lowest BCUT2D eigenvalue weighted by atomic mass is 9.82. The first-order valence-electron chi connectivity index (χ1n) is 6.72. The SMILES string of the molecule is CC1CCCC(CNc2cccc(C(=O)O)c2)C1. The normalized spacial score (nSPS) is 23.6. The summed E-state index contributed by atoms with van der Waals surface area (Å²) in [6.07, 6.45) is 5.25. The van der Waals surface area contributed by atoms with Crippen LogP contribution >= 0.6 is 0 Å². The van der Waals surface area contributed by atoms with Gasteiger partial charge in [-0.3, -0.25) is 0 Å². The van der Waals surface area contributed by atoms with Gasteiger partial charge in [0.15, 0.2) is 0 Å². The topological polar surface area (TPSA) is 49.3 Å². The second kappa shape index (κ2) is 5.89. The number of hydrogen-bond acceptors (Lipinski definition) is 2. The molecule has 0 bridgehead atoms. The number of anilines is 1. The Hall–Kier alpha value is -1.51. The Morgan fingerprint density at radius 1 is 1.44 bits per heavy atom. The molecular formula is C15H21NO2. The van der Waals surface area contributed by atoms with Crippen LogP contribution in [-0.4, -0.2) is 17.6 Å². The van der Waals surface area contributed by atoms with Gasteiger partial charge >= 0.3 is 5.97 Å². The van der Waals surface area contributed by atoms with Crippen LogP contribution in [0, 0.1) is 11.8 Å². The molecule has 0 aliphatic heterocycles. The third-order valence-corrected chi connectivity index (χ3v) is 3.75. The molecule has 0 radical (unpaired) electrons. The van der Waals surface area contributed by atoms with Crippen LogP contribution in [0.3, 0.4) is 0 Å². The standard InChI is InChI=1S/C15H21NO2/c1-11-4-2-5-12(8-11)10-16-14-7-3-6-13(9-14)15(17)18/h3,6-7,9,11-12,16H,2,4-5,8,10H2,1H3,(H,17,18). The average molecular weight is 247 g/mol. The molecule has 2 N–H and O–H groups in total. The van der Waals surface area contributed by atoms with Crippen molar-refractivity contribution in [1.29, 1.82) is 0 Å². The maximum absolute atomic E-state index is 10.9. The van der Waals surface area contributed by atoms with Gasteiger partial charge in [-0.05, 0) is 42.9 Å². The molecule has 0 aromatic heterocycles. The monoisotopic (exact) mass is 247 g/mol. The summed E-state index contributed by atoms with van der Waals surface area (Å²) in [6.45, 7) is 3.27. The quantitative estimate of drug-likeness (QED) is 0.854. The van der Waals surface area contributed by atoms with Crippen LogP contribution in [0.2, 0.25) is 0 Å². The van der Waals surface area contributed by atoms with Crippen LogP contribution in [0.5, 0.6) is 0 Å². The van der Waals surface area contributed by atoms with Crippen molar-refractivity contribution >= 4 is 11.7 Å². The lowest BCUT2D eigenvalue weighted by Gasteiger charge is -2.27. The molecule has 0 amide bonds. The Bertz CT molecular complexity index is 417. The van der Waals surface area contributed by atoms with Crippen LogP contribution in [0.1, 0.15) is 43.0 Å². The number of rotatable bonds is 4. The smallest absolute Gasteiger partial charge is 0.335 e. The molecule has 3 heteroatoms. The Morgan fingerprint density at radius 2 is 2.28 bits per heavy atom. The summed E-state index contributed by atoms with van der Waals surface area (Å²) < 4.78 is 0. The van der Waals surface area contributed by atoms with E-state index in [0.717, 1.165) is 24.1 Å². The number of benzene rings is 1. The van der Waals surface area contributed by atoms with Crippen LogP contribution in [0.15, 0.2) is 24.3 Å². The number of carboxylic acid groups (broad SMARTS) is 1. The molecule has 2 atom stereocenters. The molecule has 3 nitrogen and oxygen atoms in total. The van der Waals surface area contributed by atoms with Crippen molar-refractivity contribution in [3.63, 3.8) is 0 Å². The fourth-order valence-electron chi connectivity index (χ4n) is 2.77. The summed E-state index contributed by atoms with van der Waals surface area (Å²) in [7, 11) is 0. The van der Waals surface area contributed by atoms with E-state index >= 15 is 0 Å². The van der Waals surface area contributed by atoms with Gasteiger partial charge in [-0.15, -0.1) is 0 Å². The van der Waals surface area contributed by atoms with E-state index in [1.165, 1.54) is 25.7 Å². The zero-order valence-electron chi connectivity index (χ0n) is 10.9. The highest BCUT2D eigenvalue weighted by Crippen LogP contribution is 2.28. The summed E-state index contributed by atoms with van der Waals surface area (Å²) in [4.78, 5) is 10.9. The minimum absolute atomic E-state index is 0.344. The molecule has 1 fully saturated rings. The molecule has 1 aliphatic carbocycles. The summed E-state index contributed by atoms with van der Waals surface area (Å²) in [5.74, 6) is 0.683. The zero-order valence-corrected chi connectivity index (χ0v) is 10.9. The van der Waals surface area contributed by atoms with E-state index in [0.29, 0.717) is 5.56 Å². The molecule has 1 saturated carbocycles. The number of hydrogen-bond donors (Lipinski definition) is 2. The van der Waals surface area contributed by atoms with Gasteiger partial charge in [-0.1, -0.05) is 25.8 Å². The van der Waals surface area contributed by atoms with Gasteiger partial charge in [0.2, 0.25) is 0 Å². The first-order chi connectivity index (χ1) is 8.65. The van der Waals surface area contributed by atoms with Gasteiger partial charge in [-0.2, -0.15) is 0 Å². The van der Waals surface area contributed by atoms with E-state index < -0.39 is 5.97 Å². The number of carboxylic acids is 1. The molecule has 2 rings (SSSR count). The Balaban J connectivity index is 1.89. The molecule has 0 heterocycles. The summed E-state index contributed by atoms with van der Waals surface area (Å²) in [5, 5.41) is 12.3. The predicted octanol–water partition coefficient (Wildman–Crippen LogP) is 3.62. The first kappa shape index (κ1) is 12.9. The Labute approximate surface area is 108 Å². The van der Waals surface area contributed by atoms with Gasteiger partial charge < -0.3 is 10.4 Å². The highest BCUT2D eigenvalue weighted by atomic mass is 16.4. The number of carbonyl (C=O) groups is 1. The van der Waals surface area contributed by atoms with E-state index in [2.05, 4.69) is 12.2 Å². The molecule has 1 aliphatic rings. The van der Waals surface area contributed by atoms with Crippen LogP contribution < -0.4 is 5.32 Å². The van der Waals surface area contributed by atoms with Crippen molar-refractivity contribution in [1.82, 2.24) is 0 Å². The molecule has 18 heavy (non-hydrogen) atoms. The summed E-state index contributed by atoms with van der Waals surface area (Å²) >= 11 is 0. The Kier molecular flexibility index (Phi) is 4.24. The maximum atomic E-state index is 10.9. The van der Waals surface area contributed by atoms with Crippen molar-refractivity contribution in [2.75, 3.05) is 11.9 Å². The minimum Gasteiger partial charge on any atom is -0.478 e. The van der Waals surface area contributed by atoms with E-state index in [9.17, 15) is 4.79 Å². The third kappa shape index (κ3) is 3.49. The maximum Gasteiger partial charge on any atom is 0.335 e. The molecule has 0 spiro atoms. The number of nitrogens with one attached hydrogen (secondary N) is 1. The fourth-order valence-corrected chi connectivity index (χ4v) is 2.77. The summed E-state index contributed by atoms with van der Waals surface area (Å²) in [6, 6.07) is 7.04. The highest BCUT2D eigenvalue weighted by molar-refractivity contribution is 5.88. The molecule has 1 aromatic carbocycles. The lowest BCUT2D eigenvalue weighted by Crippen LogP contribution is -2.21. The summed E-state index contributed by atoms with van der Waals surface area (Å²) in [5.41, 5.74) is 1.25. The van der Waals surface area contributed by atoms with Gasteiger partial charge in [0.25, 0.3) is 0 Å². The lowest BCUT2D eigenvalue weighted by molar-refractivity contribution is 0.0697. The molecule has 2 unspecified atom stereocenters.